The summed E-state index contributed by atoms with van der Waals surface area (Å²) in [6.45, 7) is 5.99. The van der Waals surface area contributed by atoms with Crippen LogP contribution in [0.15, 0.2) is 0 Å². The Labute approximate surface area is 104 Å². The molecule has 0 bridgehead atoms. The summed E-state index contributed by atoms with van der Waals surface area (Å²) in [5.74, 6) is 0.777. The summed E-state index contributed by atoms with van der Waals surface area (Å²) in [5.41, 5.74) is 0. The molecule has 2 rings (SSSR count). The van der Waals surface area contributed by atoms with Crippen molar-refractivity contribution in [2.24, 2.45) is 5.92 Å². The number of carbonyl (C=O) groups excluding carboxylic acids is 1. The predicted octanol–water partition coefficient (Wildman–Crippen LogP) is 1.57. The average molecular weight is 239 g/mol. The normalized spacial score (nSPS) is 26.9. The highest BCUT2D eigenvalue weighted by Crippen LogP contribution is 2.15. The third kappa shape index (κ3) is 3.87. The zero-order chi connectivity index (χ0) is 12.1. The van der Waals surface area contributed by atoms with Crippen LogP contribution in [0.3, 0.4) is 0 Å². The standard InChI is InChI=1S/C13H25N3O/c1-11-5-8-16(9-6-11)13(17)15-10-12-4-2-3-7-14-12/h11-12,14H,2-10H2,1H3,(H,15,17). The van der Waals surface area contributed by atoms with Gasteiger partial charge >= 0.3 is 6.03 Å². The summed E-state index contributed by atoms with van der Waals surface area (Å²) in [6.07, 6.45) is 6.05. The molecule has 4 nitrogen and oxygen atoms in total. The molecule has 0 spiro atoms. The Bertz CT molecular complexity index is 243. The van der Waals surface area contributed by atoms with Crippen LogP contribution in [0.2, 0.25) is 0 Å². The van der Waals surface area contributed by atoms with Gasteiger partial charge in [0.1, 0.15) is 0 Å². The molecular weight excluding hydrogens is 214 g/mol. The lowest BCUT2D eigenvalue weighted by atomic mass is 10.00. The first kappa shape index (κ1) is 12.7. The van der Waals surface area contributed by atoms with Crippen LogP contribution in [-0.4, -0.2) is 43.2 Å². The maximum atomic E-state index is 11.9. The van der Waals surface area contributed by atoms with Crippen molar-refractivity contribution in [1.29, 1.82) is 0 Å². The van der Waals surface area contributed by atoms with E-state index < -0.39 is 0 Å². The Morgan fingerprint density at radius 2 is 2.06 bits per heavy atom. The van der Waals surface area contributed by atoms with Crippen molar-refractivity contribution in [3.05, 3.63) is 0 Å². The van der Waals surface area contributed by atoms with Crippen molar-refractivity contribution in [1.82, 2.24) is 15.5 Å². The van der Waals surface area contributed by atoms with Crippen LogP contribution in [0.25, 0.3) is 0 Å². The fourth-order valence-corrected chi connectivity index (χ4v) is 2.63. The molecule has 2 saturated heterocycles. The first-order chi connectivity index (χ1) is 8.25. The number of nitrogens with zero attached hydrogens (tertiary/aromatic N) is 1. The van der Waals surface area contributed by atoms with Gasteiger partial charge in [-0.3, -0.25) is 0 Å². The minimum atomic E-state index is 0.129. The Kier molecular flexibility index (Phi) is 4.66. The molecule has 0 aromatic heterocycles. The van der Waals surface area contributed by atoms with E-state index >= 15 is 0 Å². The highest BCUT2D eigenvalue weighted by molar-refractivity contribution is 5.74. The third-order valence-electron chi connectivity index (χ3n) is 3.98. The summed E-state index contributed by atoms with van der Waals surface area (Å²) >= 11 is 0. The van der Waals surface area contributed by atoms with E-state index in [1.54, 1.807) is 0 Å². The minimum Gasteiger partial charge on any atom is -0.336 e. The van der Waals surface area contributed by atoms with E-state index in [0.717, 1.165) is 44.9 Å². The molecule has 2 fully saturated rings. The third-order valence-corrected chi connectivity index (χ3v) is 3.98. The molecule has 98 valence electrons. The van der Waals surface area contributed by atoms with Gasteiger partial charge in [-0.1, -0.05) is 13.3 Å². The van der Waals surface area contributed by atoms with Crippen molar-refractivity contribution in [3.63, 3.8) is 0 Å². The Hall–Kier alpha value is -0.770. The van der Waals surface area contributed by atoms with Gasteiger partial charge in [-0.2, -0.15) is 0 Å². The number of urea groups is 1. The van der Waals surface area contributed by atoms with E-state index in [4.69, 9.17) is 0 Å². The van der Waals surface area contributed by atoms with Crippen molar-refractivity contribution in [2.75, 3.05) is 26.2 Å². The van der Waals surface area contributed by atoms with E-state index in [9.17, 15) is 4.79 Å². The number of carbonyl (C=O) groups is 1. The number of piperidine rings is 2. The van der Waals surface area contributed by atoms with Crippen molar-refractivity contribution in [3.8, 4) is 0 Å². The van der Waals surface area contributed by atoms with E-state index in [-0.39, 0.29) is 6.03 Å². The molecule has 2 aliphatic heterocycles. The Morgan fingerprint density at radius 3 is 2.71 bits per heavy atom. The molecule has 4 heteroatoms. The van der Waals surface area contributed by atoms with Gasteiger partial charge in [0, 0.05) is 25.7 Å². The maximum absolute atomic E-state index is 11.9. The zero-order valence-electron chi connectivity index (χ0n) is 10.9. The molecule has 0 aromatic carbocycles. The minimum absolute atomic E-state index is 0.129. The van der Waals surface area contributed by atoms with Gasteiger partial charge in [-0.05, 0) is 38.1 Å². The highest BCUT2D eigenvalue weighted by atomic mass is 16.2. The van der Waals surface area contributed by atoms with Crippen molar-refractivity contribution < 1.29 is 4.79 Å². The number of hydrogen-bond donors (Lipinski definition) is 2. The summed E-state index contributed by atoms with van der Waals surface area (Å²) in [5, 5.41) is 6.51. The Morgan fingerprint density at radius 1 is 1.29 bits per heavy atom. The summed E-state index contributed by atoms with van der Waals surface area (Å²) in [4.78, 5) is 13.9. The van der Waals surface area contributed by atoms with Crippen LogP contribution < -0.4 is 10.6 Å². The first-order valence-electron chi connectivity index (χ1n) is 7.02. The van der Waals surface area contributed by atoms with Crippen LogP contribution in [0.4, 0.5) is 4.79 Å². The van der Waals surface area contributed by atoms with Crippen LogP contribution in [0.1, 0.15) is 39.0 Å². The second-order valence-electron chi connectivity index (χ2n) is 5.50. The van der Waals surface area contributed by atoms with Gasteiger partial charge in [-0.15, -0.1) is 0 Å². The molecule has 17 heavy (non-hydrogen) atoms. The number of nitrogens with one attached hydrogen (secondary N) is 2. The number of hydrogen-bond acceptors (Lipinski definition) is 2. The fourth-order valence-electron chi connectivity index (χ4n) is 2.63. The molecule has 2 N–H and O–H groups in total. The highest BCUT2D eigenvalue weighted by Gasteiger charge is 2.21. The zero-order valence-corrected chi connectivity index (χ0v) is 10.9. The van der Waals surface area contributed by atoms with E-state index in [1.807, 2.05) is 4.90 Å². The van der Waals surface area contributed by atoms with Gasteiger partial charge in [0.2, 0.25) is 0 Å². The SMILES string of the molecule is CC1CCN(C(=O)NCC2CCCCN2)CC1. The van der Waals surface area contributed by atoms with E-state index in [0.29, 0.717) is 6.04 Å². The smallest absolute Gasteiger partial charge is 0.317 e. The monoisotopic (exact) mass is 239 g/mol. The largest absolute Gasteiger partial charge is 0.336 e. The molecule has 1 atom stereocenters. The number of rotatable bonds is 2. The Balaban J connectivity index is 1.66. The second kappa shape index (κ2) is 6.24. The van der Waals surface area contributed by atoms with Crippen LogP contribution in [0.5, 0.6) is 0 Å². The molecule has 0 radical (unpaired) electrons. The topological polar surface area (TPSA) is 44.4 Å². The first-order valence-corrected chi connectivity index (χ1v) is 7.02. The molecule has 0 aromatic rings. The summed E-state index contributed by atoms with van der Waals surface area (Å²) in [6, 6.07) is 0.612. The van der Waals surface area contributed by atoms with Crippen LogP contribution in [-0.2, 0) is 0 Å². The van der Waals surface area contributed by atoms with Crippen molar-refractivity contribution >= 4 is 6.03 Å². The molecule has 2 heterocycles. The molecule has 2 amide bonds. The summed E-state index contributed by atoms with van der Waals surface area (Å²) in [7, 11) is 0. The van der Waals surface area contributed by atoms with E-state index in [2.05, 4.69) is 17.6 Å². The van der Waals surface area contributed by atoms with Gasteiger partial charge in [0.25, 0.3) is 0 Å². The average Bonchev–Trinajstić information content (AvgIpc) is 2.38. The molecule has 2 aliphatic rings. The van der Waals surface area contributed by atoms with Gasteiger partial charge in [0.15, 0.2) is 0 Å². The van der Waals surface area contributed by atoms with Gasteiger partial charge < -0.3 is 15.5 Å². The molecular formula is C13H25N3O. The molecule has 0 aliphatic carbocycles. The lowest BCUT2D eigenvalue weighted by molar-refractivity contribution is 0.172. The molecule has 1 unspecified atom stereocenters. The maximum Gasteiger partial charge on any atom is 0.317 e. The van der Waals surface area contributed by atoms with Gasteiger partial charge in [0.05, 0.1) is 0 Å². The lowest BCUT2D eigenvalue weighted by Gasteiger charge is -2.31. The van der Waals surface area contributed by atoms with Crippen LogP contribution >= 0.6 is 0 Å². The van der Waals surface area contributed by atoms with Crippen molar-refractivity contribution in [2.45, 2.75) is 45.1 Å². The molecule has 0 saturated carbocycles. The number of likely N-dealkylation sites (tertiary alicyclic amines) is 1. The second-order valence-corrected chi connectivity index (χ2v) is 5.50. The van der Waals surface area contributed by atoms with Gasteiger partial charge in [-0.25, -0.2) is 4.79 Å². The summed E-state index contributed by atoms with van der Waals surface area (Å²) < 4.78 is 0. The fraction of sp³-hybridized carbons (Fsp3) is 0.923. The lowest BCUT2D eigenvalue weighted by Crippen LogP contribution is -2.49. The van der Waals surface area contributed by atoms with Crippen LogP contribution in [0, 0.1) is 5.92 Å². The van der Waals surface area contributed by atoms with E-state index in [1.165, 1.54) is 19.3 Å². The number of amides is 2. The quantitative estimate of drug-likeness (QED) is 0.768. The predicted molar refractivity (Wildman–Crippen MR) is 69.0 cm³/mol.